The van der Waals surface area contributed by atoms with Crippen LogP contribution in [0.1, 0.15) is 46.3 Å². The summed E-state index contributed by atoms with van der Waals surface area (Å²) in [6.07, 6.45) is 2.02. The predicted octanol–water partition coefficient (Wildman–Crippen LogP) is 3.16. The molecule has 1 aliphatic carbocycles. The molecule has 2 nitrogen and oxygen atoms in total. The van der Waals surface area contributed by atoms with Crippen molar-refractivity contribution in [3.05, 3.63) is 34.4 Å². The second-order valence-corrected chi connectivity index (χ2v) is 5.11. The van der Waals surface area contributed by atoms with Gasteiger partial charge in [0.2, 0.25) is 0 Å². The third-order valence-corrected chi connectivity index (χ3v) is 3.32. The van der Waals surface area contributed by atoms with Gasteiger partial charge in [-0.2, -0.15) is 0 Å². The van der Waals surface area contributed by atoms with Crippen LogP contribution in [0, 0.1) is 26.7 Å². The van der Waals surface area contributed by atoms with Crippen LogP contribution in [0.15, 0.2) is 12.1 Å². The highest BCUT2D eigenvalue weighted by Crippen LogP contribution is 2.31. The Labute approximate surface area is 102 Å². The Balaban J connectivity index is 2.21. The van der Waals surface area contributed by atoms with E-state index in [9.17, 15) is 9.59 Å². The predicted molar refractivity (Wildman–Crippen MR) is 67.3 cm³/mol. The van der Waals surface area contributed by atoms with Gasteiger partial charge >= 0.3 is 0 Å². The molecule has 1 saturated carbocycles. The van der Waals surface area contributed by atoms with Crippen molar-refractivity contribution in [2.24, 2.45) is 5.92 Å². The van der Waals surface area contributed by atoms with Crippen LogP contribution >= 0.6 is 0 Å². The van der Waals surface area contributed by atoms with Crippen molar-refractivity contribution in [3.8, 4) is 0 Å². The van der Waals surface area contributed by atoms with E-state index in [-0.39, 0.29) is 23.9 Å². The average molecular weight is 230 g/mol. The number of hydrogen-bond donors (Lipinski definition) is 0. The molecule has 0 bridgehead atoms. The van der Waals surface area contributed by atoms with Crippen molar-refractivity contribution in [3.63, 3.8) is 0 Å². The van der Waals surface area contributed by atoms with Gasteiger partial charge in [-0.3, -0.25) is 9.59 Å². The van der Waals surface area contributed by atoms with Crippen molar-refractivity contribution >= 4 is 11.6 Å². The highest BCUT2D eigenvalue weighted by Gasteiger charge is 2.31. The average Bonchev–Trinajstić information content (AvgIpc) is 2.97. The second kappa shape index (κ2) is 4.44. The Bertz CT molecular complexity index is 459. The Morgan fingerprint density at radius 3 is 2.12 bits per heavy atom. The van der Waals surface area contributed by atoms with E-state index in [1.807, 2.05) is 32.9 Å². The number of aryl methyl sites for hydroxylation is 3. The Morgan fingerprint density at radius 2 is 1.65 bits per heavy atom. The monoisotopic (exact) mass is 230 g/mol. The maximum atomic E-state index is 12.1. The number of ketones is 2. The number of hydrogen-bond acceptors (Lipinski definition) is 2. The van der Waals surface area contributed by atoms with E-state index in [1.165, 1.54) is 0 Å². The first-order valence-corrected chi connectivity index (χ1v) is 6.13. The van der Waals surface area contributed by atoms with Gasteiger partial charge in [0, 0.05) is 11.5 Å². The zero-order chi connectivity index (χ0) is 12.6. The molecule has 0 heterocycles. The molecule has 0 aliphatic heterocycles. The van der Waals surface area contributed by atoms with Crippen LogP contribution in [0.3, 0.4) is 0 Å². The Hall–Kier alpha value is -1.44. The molecule has 0 N–H and O–H groups in total. The second-order valence-electron chi connectivity index (χ2n) is 5.11. The fraction of sp³-hybridized carbons (Fsp3) is 0.467. The summed E-state index contributed by atoms with van der Waals surface area (Å²) in [5, 5.41) is 0. The summed E-state index contributed by atoms with van der Waals surface area (Å²) in [6, 6.07) is 4.00. The van der Waals surface area contributed by atoms with Gasteiger partial charge < -0.3 is 0 Å². The molecule has 0 spiro atoms. The minimum absolute atomic E-state index is 0.0168. The lowest BCUT2D eigenvalue weighted by atomic mass is 9.94. The molecular weight excluding hydrogens is 212 g/mol. The van der Waals surface area contributed by atoms with E-state index in [0.29, 0.717) is 0 Å². The van der Waals surface area contributed by atoms with Crippen LogP contribution < -0.4 is 0 Å². The van der Waals surface area contributed by atoms with E-state index in [1.54, 1.807) is 0 Å². The number of Topliss-reactive ketones (excluding diaryl/α,β-unsaturated/α-hetero) is 2. The zero-order valence-corrected chi connectivity index (χ0v) is 10.7. The molecule has 1 aromatic rings. The lowest BCUT2D eigenvalue weighted by molar-refractivity contribution is -0.119. The SMILES string of the molecule is Cc1cc(C)c(C(=O)CC(=O)C2CC2)c(C)c1. The van der Waals surface area contributed by atoms with E-state index < -0.39 is 0 Å². The number of benzene rings is 1. The Morgan fingerprint density at radius 1 is 1.12 bits per heavy atom. The molecule has 90 valence electrons. The lowest BCUT2D eigenvalue weighted by Crippen LogP contribution is -2.12. The summed E-state index contributed by atoms with van der Waals surface area (Å²) in [6.45, 7) is 5.90. The van der Waals surface area contributed by atoms with Gasteiger partial charge in [-0.25, -0.2) is 0 Å². The van der Waals surface area contributed by atoms with Gasteiger partial charge in [0.15, 0.2) is 5.78 Å². The molecular formula is C15H18O2. The molecule has 1 aromatic carbocycles. The van der Waals surface area contributed by atoms with Crippen LogP contribution in [0.2, 0.25) is 0 Å². The highest BCUT2D eigenvalue weighted by molar-refractivity contribution is 6.10. The van der Waals surface area contributed by atoms with Crippen LogP contribution in [-0.2, 0) is 4.79 Å². The summed E-state index contributed by atoms with van der Waals surface area (Å²) in [4.78, 5) is 23.8. The van der Waals surface area contributed by atoms with Gasteiger partial charge in [0.1, 0.15) is 5.78 Å². The Kier molecular flexibility index (Phi) is 3.14. The minimum atomic E-state index is -0.0168. The minimum Gasteiger partial charge on any atom is -0.299 e. The molecule has 1 fully saturated rings. The van der Waals surface area contributed by atoms with Crippen molar-refractivity contribution in [1.29, 1.82) is 0 Å². The van der Waals surface area contributed by atoms with Crippen molar-refractivity contribution in [2.45, 2.75) is 40.0 Å². The molecule has 0 unspecified atom stereocenters. The first-order chi connectivity index (χ1) is 7.99. The molecule has 0 radical (unpaired) electrons. The molecule has 0 atom stereocenters. The van der Waals surface area contributed by atoms with E-state index >= 15 is 0 Å². The standard InChI is InChI=1S/C15H18O2/c1-9-6-10(2)15(11(3)7-9)14(17)8-13(16)12-4-5-12/h6-7,12H,4-5,8H2,1-3H3. The van der Waals surface area contributed by atoms with Crippen LogP contribution in [0.5, 0.6) is 0 Å². The van der Waals surface area contributed by atoms with E-state index in [4.69, 9.17) is 0 Å². The van der Waals surface area contributed by atoms with Crippen LogP contribution in [-0.4, -0.2) is 11.6 Å². The number of rotatable bonds is 4. The zero-order valence-electron chi connectivity index (χ0n) is 10.7. The topological polar surface area (TPSA) is 34.1 Å². The summed E-state index contributed by atoms with van der Waals surface area (Å²) >= 11 is 0. The van der Waals surface area contributed by atoms with Gasteiger partial charge in [-0.15, -0.1) is 0 Å². The quantitative estimate of drug-likeness (QED) is 0.588. The van der Waals surface area contributed by atoms with Gasteiger partial charge in [-0.1, -0.05) is 17.7 Å². The molecule has 0 amide bonds. The molecule has 17 heavy (non-hydrogen) atoms. The van der Waals surface area contributed by atoms with Gasteiger partial charge in [0.25, 0.3) is 0 Å². The first-order valence-electron chi connectivity index (χ1n) is 6.13. The van der Waals surface area contributed by atoms with Crippen molar-refractivity contribution in [1.82, 2.24) is 0 Å². The van der Waals surface area contributed by atoms with E-state index in [2.05, 4.69) is 0 Å². The summed E-state index contributed by atoms with van der Waals surface area (Å²) in [5.41, 5.74) is 3.86. The summed E-state index contributed by atoms with van der Waals surface area (Å²) in [7, 11) is 0. The van der Waals surface area contributed by atoms with Crippen LogP contribution in [0.25, 0.3) is 0 Å². The number of carbonyl (C=O) groups excluding carboxylic acids is 2. The third-order valence-electron chi connectivity index (χ3n) is 3.32. The normalized spacial score (nSPS) is 14.8. The third kappa shape index (κ3) is 2.63. The lowest BCUT2D eigenvalue weighted by Gasteiger charge is -2.09. The summed E-state index contributed by atoms with van der Waals surface area (Å²) < 4.78 is 0. The molecule has 0 saturated heterocycles. The highest BCUT2D eigenvalue weighted by atomic mass is 16.1. The van der Waals surface area contributed by atoms with Gasteiger partial charge in [0.05, 0.1) is 6.42 Å². The fourth-order valence-corrected chi connectivity index (χ4v) is 2.42. The van der Waals surface area contributed by atoms with Crippen LogP contribution in [0.4, 0.5) is 0 Å². The fourth-order valence-electron chi connectivity index (χ4n) is 2.42. The van der Waals surface area contributed by atoms with Crippen molar-refractivity contribution in [2.75, 3.05) is 0 Å². The first kappa shape index (κ1) is 12.0. The largest absolute Gasteiger partial charge is 0.299 e. The summed E-state index contributed by atoms with van der Waals surface area (Å²) in [5.74, 6) is 0.274. The molecule has 2 heteroatoms. The molecule has 1 aliphatic rings. The number of carbonyl (C=O) groups is 2. The van der Waals surface area contributed by atoms with Gasteiger partial charge in [-0.05, 0) is 44.7 Å². The molecule has 2 rings (SSSR count). The maximum absolute atomic E-state index is 12.1. The van der Waals surface area contributed by atoms with Crippen molar-refractivity contribution < 1.29 is 9.59 Å². The smallest absolute Gasteiger partial charge is 0.170 e. The maximum Gasteiger partial charge on any atom is 0.170 e. The van der Waals surface area contributed by atoms with E-state index in [0.717, 1.165) is 35.1 Å². The molecule has 0 aromatic heterocycles.